The minimum atomic E-state index is -0.535. The van der Waals surface area contributed by atoms with Crippen molar-refractivity contribution in [2.45, 2.75) is 123 Å². The number of methoxy groups -OCH3 is 1. The number of allylic oxidation sites excluding steroid dienone is 3. The number of hydrogen-bond donors (Lipinski definition) is 3. The van der Waals surface area contributed by atoms with E-state index in [0.29, 0.717) is 44.5 Å². The van der Waals surface area contributed by atoms with Crippen molar-refractivity contribution in [2.75, 3.05) is 46.4 Å². The zero-order valence-corrected chi connectivity index (χ0v) is 28.9. The van der Waals surface area contributed by atoms with Gasteiger partial charge < -0.3 is 39.6 Å². The third-order valence-electron chi connectivity index (χ3n) is 9.63. The number of carbonyl (C=O) groups excluding carboxylic acids is 2. The maximum Gasteiger partial charge on any atom is 0.409 e. The van der Waals surface area contributed by atoms with Crippen LogP contribution >= 0.6 is 0 Å². The summed E-state index contributed by atoms with van der Waals surface area (Å²) in [6, 6.07) is 0. The van der Waals surface area contributed by atoms with Crippen LogP contribution in [0, 0.1) is 17.8 Å². The lowest BCUT2D eigenvalue weighted by atomic mass is 9.85. The van der Waals surface area contributed by atoms with Gasteiger partial charge in [-0.3, -0.25) is 4.79 Å². The van der Waals surface area contributed by atoms with Gasteiger partial charge in [0.05, 0.1) is 42.7 Å². The van der Waals surface area contributed by atoms with E-state index < -0.39 is 6.10 Å². The fraction of sp³-hybridized carbons (Fsp3) is 0.829. The zero-order chi connectivity index (χ0) is 33.0. The molecule has 0 saturated carbocycles. The summed E-state index contributed by atoms with van der Waals surface area (Å²) < 4.78 is 23.4. The van der Waals surface area contributed by atoms with E-state index >= 15 is 0 Å². The number of nitrogens with zero attached hydrogens (tertiary/aromatic N) is 1. The molecule has 2 amide bonds. The van der Waals surface area contributed by atoms with Gasteiger partial charge in [-0.1, -0.05) is 39.0 Å². The van der Waals surface area contributed by atoms with Crippen LogP contribution in [-0.2, 0) is 23.7 Å². The Balaban J connectivity index is 1.32. The molecule has 0 unspecified atom stereocenters. The predicted octanol–water partition coefficient (Wildman–Crippen LogP) is 4.61. The highest BCUT2D eigenvalue weighted by atomic mass is 16.6. The molecule has 258 valence electrons. The minimum absolute atomic E-state index is 0.00857. The van der Waals surface area contributed by atoms with Crippen LogP contribution in [0.4, 0.5) is 4.79 Å². The first-order valence-electron chi connectivity index (χ1n) is 17.2. The normalized spacial score (nSPS) is 30.0. The van der Waals surface area contributed by atoms with Gasteiger partial charge in [0.25, 0.3) is 0 Å². The number of aliphatic hydroxyl groups is 1. The number of epoxide rings is 1. The lowest BCUT2D eigenvalue weighted by molar-refractivity contribution is -0.123. The lowest BCUT2D eigenvalue weighted by Gasteiger charge is -2.35. The molecule has 45 heavy (non-hydrogen) atoms. The second-order valence-corrected chi connectivity index (χ2v) is 13.8. The molecule has 3 aliphatic heterocycles. The molecule has 0 aliphatic carbocycles. The fourth-order valence-electron chi connectivity index (χ4n) is 7.00. The third kappa shape index (κ3) is 12.0. The van der Waals surface area contributed by atoms with Crippen molar-refractivity contribution >= 4 is 12.0 Å². The first-order chi connectivity index (χ1) is 21.4. The van der Waals surface area contributed by atoms with Crippen molar-refractivity contribution in [3.8, 4) is 0 Å². The number of aliphatic hydroxyl groups excluding tert-OH is 1. The maximum atomic E-state index is 12.4. The first-order valence-corrected chi connectivity index (χ1v) is 17.2. The van der Waals surface area contributed by atoms with Gasteiger partial charge in [-0.25, -0.2) is 4.79 Å². The number of rotatable bonds is 17. The van der Waals surface area contributed by atoms with E-state index in [-0.39, 0.29) is 47.9 Å². The van der Waals surface area contributed by atoms with Gasteiger partial charge in [0, 0.05) is 52.2 Å². The molecule has 3 aliphatic rings. The highest BCUT2D eigenvalue weighted by Gasteiger charge is 2.56. The number of carbonyl (C=O) groups is 2. The average Bonchev–Trinajstić information content (AvgIpc) is 3.68. The molecule has 0 radical (unpaired) electrons. The Bertz CT molecular complexity index is 982. The SMILES string of the molecule is CO[C@H]([C@@H](C)[C@H]1O[C@]1(C)C[C@H](C)/C=C/C=C(\C)[C@H]1O[C@@H](CNC(=O)CCCCCOC(=O)N2CCNCC2)CC[C@@H]1C)[C@@H](C)O. The summed E-state index contributed by atoms with van der Waals surface area (Å²) >= 11 is 0. The Morgan fingerprint density at radius 3 is 2.58 bits per heavy atom. The van der Waals surface area contributed by atoms with Gasteiger partial charge in [-0.2, -0.15) is 0 Å². The number of hydrogen-bond acceptors (Lipinski definition) is 8. The van der Waals surface area contributed by atoms with Gasteiger partial charge in [0.1, 0.15) is 0 Å². The maximum absolute atomic E-state index is 12.4. The summed E-state index contributed by atoms with van der Waals surface area (Å²) in [5.41, 5.74) is 0.992. The van der Waals surface area contributed by atoms with Crippen LogP contribution in [0.2, 0.25) is 0 Å². The van der Waals surface area contributed by atoms with E-state index in [4.69, 9.17) is 18.9 Å². The first kappa shape index (κ1) is 37.5. The summed E-state index contributed by atoms with van der Waals surface area (Å²) in [4.78, 5) is 26.2. The Morgan fingerprint density at radius 2 is 1.89 bits per heavy atom. The monoisotopic (exact) mass is 635 g/mol. The molecule has 3 saturated heterocycles. The Kier molecular flexibility index (Phi) is 15.3. The molecule has 3 heterocycles. The van der Waals surface area contributed by atoms with E-state index in [1.807, 2.05) is 0 Å². The molecule has 3 rings (SSSR count). The largest absolute Gasteiger partial charge is 0.449 e. The molecule has 0 bridgehead atoms. The molecule has 0 aromatic heterocycles. The highest BCUT2D eigenvalue weighted by molar-refractivity contribution is 5.75. The summed E-state index contributed by atoms with van der Waals surface area (Å²) in [5, 5.41) is 16.3. The summed E-state index contributed by atoms with van der Waals surface area (Å²) in [6.07, 6.45) is 11.4. The molecule has 10 heteroatoms. The van der Waals surface area contributed by atoms with Crippen LogP contribution in [0.3, 0.4) is 0 Å². The summed E-state index contributed by atoms with van der Waals surface area (Å²) in [7, 11) is 1.64. The van der Waals surface area contributed by atoms with E-state index in [0.717, 1.165) is 51.6 Å². The second kappa shape index (κ2) is 18.4. The van der Waals surface area contributed by atoms with Crippen molar-refractivity contribution in [1.29, 1.82) is 0 Å². The Morgan fingerprint density at radius 1 is 1.16 bits per heavy atom. The quantitative estimate of drug-likeness (QED) is 0.120. The Labute approximate surface area is 271 Å². The van der Waals surface area contributed by atoms with E-state index in [1.165, 1.54) is 5.57 Å². The van der Waals surface area contributed by atoms with Gasteiger partial charge >= 0.3 is 6.09 Å². The van der Waals surface area contributed by atoms with Crippen LogP contribution in [0.15, 0.2) is 23.8 Å². The van der Waals surface area contributed by atoms with Crippen LogP contribution in [0.25, 0.3) is 0 Å². The van der Waals surface area contributed by atoms with Gasteiger partial charge in [-0.15, -0.1) is 0 Å². The van der Waals surface area contributed by atoms with Crippen molar-refractivity contribution in [1.82, 2.24) is 15.5 Å². The topological polar surface area (TPSA) is 122 Å². The van der Waals surface area contributed by atoms with Crippen molar-refractivity contribution < 1.29 is 33.6 Å². The van der Waals surface area contributed by atoms with Crippen LogP contribution in [0.1, 0.15) is 86.5 Å². The molecule has 0 aromatic carbocycles. The summed E-state index contributed by atoms with van der Waals surface area (Å²) in [6.45, 7) is 16.5. The molecule has 10 nitrogen and oxygen atoms in total. The lowest BCUT2D eigenvalue weighted by Crippen LogP contribution is -2.46. The number of unbranched alkanes of at least 4 members (excludes halogenated alkanes) is 2. The van der Waals surface area contributed by atoms with Gasteiger partial charge in [-0.05, 0) is 76.7 Å². The fourth-order valence-corrected chi connectivity index (χ4v) is 7.00. The molecule has 3 fully saturated rings. The van der Waals surface area contributed by atoms with E-state index in [1.54, 1.807) is 18.9 Å². The van der Waals surface area contributed by atoms with Gasteiger partial charge in [0.2, 0.25) is 5.91 Å². The highest BCUT2D eigenvalue weighted by Crippen LogP contribution is 2.47. The van der Waals surface area contributed by atoms with Crippen LogP contribution in [0.5, 0.6) is 0 Å². The standard InChI is InChI=1S/C35H61N3O7/c1-24(22-35(6)33(45-35)27(4)32(42-7)28(5)39)12-11-13-25(2)31-26(3)15-16-29(44-31)23-37-30(40)14-9-8-10-21-43-34(41)38-19-17-36-18-20-38/h11-13,24,26-29,31-33,36,39H,8-10,14-23H2,1-7H3,(H,37,40)/b12-11+,25-13+/t24-,26+,27-,28-,29-,31-,32-,33-,35-/m1/s1. The van der Waals surface area contributed by atoms with Crippen molar-refractivity contribution in [3.05, 3.63) is 23.8 Å². The van der Waals surface area contributed by atoms with Crippen LogP contribution in [-0.4, -0.2) is 105 Å². The number of piperazine rings is 1. The molecule has 3 N–H and O–H groups in total. The number of ether oxygens (including phenoxy) is 4. The van der Waals surface area contributed by atoms with E-state index in [2.05, 4.69) is 63.5 Å². The smallest absolute Gasteiger partial charge is 0.409 e. The zero-order valence-electron chi connectivity index (χ0n) is 28.9. The molecular weight excluding hydrogens is 574 g/mol. The van der Waals surface area contributed by atoms with Gasteiger partial charge in [0.15, 0.2) is 0 Å². The molecular formula is C35H61N3O7. The number of nitrogens with one attached hydrogen (secondary N) is 2. The van der Waals surface area contributed by atoms with Crippen molar-refractivity contribution in [2.24, 2.45) is 17.8 Å². The minimum Gasteiger partial charge on any atom is -0.449 e. The molecule has 0 aromatic rings. The Hall–Kier alpha value is -1.98. The van der Waals surface area contributed by atoms with Crippen molar-refractivity contribution in [3.63, 3.8) is 0 Å². The molecule has 0 spiro atoms. The van der Waals surface area contributed by atoms with Crippen LogP contribution < -0.4 is 10.6 Å². The molecule has 9 atom stereocenters. The third-order valence-corrected chi connectivity index (χ3v) is 9.63. The average molecular weight is 636 g/mol. The number of amides is 2. The summed E-state index contributed by atoms with van der Waals surface area (Å²) in [5.74, 6) is 0.920. The second-order valence-electron chi connectivity index (χ2n) is 13.8. The van der Waals surface area contributed by atoms with E-state index in [9.17, 15) is 14.7 Å². The predicted molar refractivity (Wildman–Crippen MR) is 176 cm³/mol.